The lowest BCUT2D eigenvalue weighted by molar-refractivity contribution is -0.134. The second kappa shape index (κ2) is 7.35. The molecule has 5 nitrogen and oxygen atoms in total. The Hall–Kier alpha value is -2.95. The molecule has 0 heterocycles. The molecule has 0 aliphatic heterocycles. The van der Waals surface area contributed by atoms with Crippen molar-refractivity contribution in [2.75, 3.05) is 14.2 Å². The van der Waals surface area contributed by atoms with Crippen LogP contribution < -0.4 is 14.2 Å². The molecule has 0 bridgehead atoms. The van der Waals surface area contributed by atoms with Crippen molar-refractivity contribution >= 4 is 12.0 Å². The second-order valence-electron chi connectivity index (χ2n) is 4.87. The maximum absolute atomic E-state index is 11.4. The van der Waals surface area contributed by atoms with Crippen LogP contribution in [0.1, 0.15) is 11.1 Å². The maximum atomic E-state index is 11.4. The summed E-state index contributed by atoms with van der Waals surface area (Å²) in [5, 5.41) is 9.35. The molecule has 1 N–H and O–H groups in total. The summed E-state index contributed by atoms with van der Waals surface area (Å²) < 4.78 is 15.8. The van der Waals surface area contributed by atoms with Crippen molar-refractivity contribution in [2.45, 2.75) is 6.92 Å². The molecule has 0 aliphatic rings. The summed E-state index contributed by atoms with van der Waals surface area (Å²) in [7, 11) is 3.03. The summed E-state index contributed by atoms with van der Waals surface area (Å²) in [6.07, 6.45) is 1.47. The minimum Gasteiger partial charge on any atom is -0.496 e. The molecule has 2 aromatic carbocycles. The van der Waals surface area contributed by atoms with E-state index in [0.29, 0.717) is 17.2 Å². The standard InChI is InChI=1S/C18H18O5/c1-12-4-6-13(7-5-12)8-17(18(19)20)23-16-10-14(21-2)9-15(11-16)22-3/h4-11H,1-3H3,(H,19,20). The fourth-order valence-electron chi connectivity index (χ4n) is 1.92. The van der Waals surface area contributed by atoms with Crippen LogP contribution in [0.3, 0.4) is 0 Å². The van der Waals surface area contributed by atoms with Crippen molar-refractivity contribution in [1.29, 1.82) is 0 Å². The van der Waals surface area contributed by atoms with Crippen LogP contribution in [-0.2, 0) is 4.79 Å². The van der Waals surface area contributed by atoms with Crippen molar-refractivity contribution < 1.29 is 24.1 Å². The molecule has 0 saturated carbocycles. The van der Waals surface area contributed by atoms with Crippen molar-refractivity contribution in [2.24, 2.45) is 0 Å². The predicted molar refractivity (Wildman–Crippen MR) is 87.0 cm³/mol. The molecule has 120 valence electrons. The SMILES string of the molecule is COc1cc(OC)cc(OC(=Cc2ccc(C)cc2)C(=O)O)c1. The fraction of sp³-hybridized carbons (Fsp3) is 0.167. The Labute approximate surface area is 134 Å². The molecular formula is C18H18O5. The van der Waals surface area contributed by atoms with Crippen LogP contribution in [0.5, 0.6) is 17.2 Å². The van der Waals surface area contributed by atoms with Gasteiger partial charge >= 0.3 is 5.97 Å². The Morgan fingerprint density at radius 1 is 0.957 bits per heavy atom. The maximum Gasteiger partial charge on any atom is 0.371 e. The molecule has 0 amide bonds. The molecule has 0 atom stereocenters. The zero-order chi connectivity index (χ0) is 16.8. The van der Waals surface area contributed by atoms with E-state index in [1.54, 1.807) is 18.2 Å². The van der Waals surface area contributed by atoms with Crippen LogP contribution in [0.2, 0.25) is 0 Å². The zero-order valence-electron chi connectivity index (χ0n) is 13.2. The van der Waals surface area contributed by atoms with Gasteiger partial charge < -0.3 is 19.3 Å². The number of hydrogen-bond donors (Lipinski definition) is 1. The molecule has 0 aliphatic carbocycles. The van der Waals surface area contributed by atoms with E-state index < -0.39 is 5.97 Å². The number of carboxylic acid groups (broad SMARTS) is 1. The molecule has 0 saturated heterocycles. The number of carbonyl (C=O) groups is 1. The van der Waals surface area contributed by atoms with E-state index in [0.717, 1.165) is 11.1 Å². The highest BCUT2D eigenvalue weighted by Crippen LogP contribution is 2.29. The second-order valence-corrected chi connectivity index (χ2v) is 4.87. The van der Waals surface area contributed by atoms with Gasteiger partial charge in [0.05, 0.1) is 14.2 Å². The molecule has 5 heteroatoms. The van der Waals surface area contributed by atoms with Gasteiger partial charge in [0, 0.05) is 18.2 Å². The smallest absolute Gasteiger partial charge is 0.371 e. The van der Waals surface area contributed by atoms with E-state index in [9.17, 15) is 9.90 Å². The minimum absolute atomic E-state index is 0.191. The van der Waals surface area contributed by atoms with Crippen LogP contribution in [0.15, 0.2) is 48.2 Å². The molecule has 0 radical (unpaired) electrons. The van der Waals surface area contributed by atoms with Crippen molar-refractivity contribution in [1.82, 2.24) is 0 Å². The third-order valence-corrected chi connectivity index (χ3v) is 3.14. The van der Waals surface area contributed by atoms with Crippen molar-refractivity contribution in [3.8, 4) is 17.2 Å². The Kier molecular flexibility index (Phi) is 5.25. The quantitative estimate of drug-likeness (QED) is 0.653. The first-order valence-corrected chi connectivity index (χ1v) is 6.94. The van der Waals surface area contributed by atoms with Gasteiger partial charge in [0.2, 0.25) is 5.76 Å². The summed E-state index contributed by atoms with van der Waals surface area (Å²) in [6, 6.07) is 12.3. The molecular weight excluding hydrogens is 296 g/mol. The Morgan fingerprint density at radius 3 is 1.96 bits per heavy atom. The third-order valence-electron chi connectivity index (χ3n) is 3.14. The molecule has 23 heavy (non-hydrogen) atoms. The summed E-state index contributed by atoms with van der Waals surface area (Å²) in [4.78, 5) is 11.4. The monoisotopic (exact) mass is 314 g/mol. The topological polar surface area (TPSA) is 65.0 Å². The van der Waals surface area contributed by atoms with Gasteiger partial charge in [-0.2, -0.15) is 0 Å². The number of carboxylic acids is 1. The van der Waals surface area contributed by atoms with Gasteiger partial charge in [-0.15, -0.1) is 0 Å². The summed E-state index contributed by atoms with van der Waals surface area (Å²) in [6.45, 7) is 1.96. The lowest BCUT2D eigenvalue weighted by atomic mass is 10.1. The average Bonchev–Trinajstić information content (AvgIpc) is 2.55. The van der Waals surface area contributed by atoms with E-state index in [2.05, 4.69) is 0 Å². The van der Waals surface area contributed by atoms with Crippen LogP contribution >= 0.6 is 0 Å². The normalized spacial score (nSPS) is 11.0. The Bertz CT molecular complexity index is 694. The van der Waals surface area contributed by atoms with Crippen LogP contribution in [-0.4, -0.2) is 25.3 Å². The first-order valence-electron chi connectivity index (χ1n) is 6.94. The highest BCUT2D eigenvalue weighted by molar-refractivity contribution is 5.90. The molecule has 0 fully saturated rings. The molecule has 0 unspecified atom stereocenters. The highest BCUT2D eigenvalue weighted by Gasteiger charge is 2.12. The number of hydrogen-bond acceptors (Lipinski definition) is 4. The third kappa shape index (κ3) is 4.51. The van der Waals surface area contributed by atoms with E-state index in [4.69, 9.17) is 14.2 Å². The van der Waals surface area contributed by atoms with Crippen LogP contribution in [0.25, 0.3) is 6.08 Å². The van der Waals surface area contributed by atoms with Gasteiger partial charge in [-0.1, -0.05) is 29.8 Å². The number of aliphatic carboxylic acids is 1. The van der Waals surface area contributed by atoms with Gasteiger partial charge in [0.15, 0.2) is 0 Å². The van der Waals surface area contributed by atoms with E-state index >= 15 is 0 Å². The van der Waals surface area contributed by atoms with Crippen LogP contribution in [0, 0.1) is 6.92 Å². The fourth-order valence-corrected chi connectivity index (χ4v) is 1.92. The summed E-state index contributed by atoms with van der Waals surface area (Å²) in [5.74, 6) is -0.00247. The number of benzene rings is 2. The van der Waals surface area contributed by atoms with Gasteiger partial charge in [0.1, 0.15) is 17.2 Å². The lowest BCUT2D eigenvalue weighted by Gasteiger charge is -2.10. The first-order chi connectivity index (χ1) is 11.0. The lowest BCUT2D eigenvalue weighted by Crippen LogP contribution is -2.07. The van der Waals surface area contributed by atoms with Crippen molar-refractivity contribution in [3.63, 3.8) is 0 Å². The largest absolute Gasteiger partial charge is 0.496 e. The average molecular weight is 314 g/mol. The number of rotatable bonds is 6. The molecule has 0 spiro atoms. The van der Waals surface area contributed by atoms with E-state index in [1.165, 1.54) is 20.3 Å². The number of methoxy groups -OCH3 is 2. The van der Waals surface area contributed by atoms with Crippen LogP contribution in [0.4, 0.5) is 0 Å². The Morgan fingerprint density at radius 2 is 1.48 bits per heavy atom. The van der Waals surface area contributed by atoms with Gasteiger partial charge in [-0.05, 0) is 18.6 Å². The first kappa shape index (κ1) is 16.4. The predicted octanol–water partition coefficient (Wildman–Crippen LogP) is 3.52. The number of aryl methyl sites for hydroxylation is 1. The summed E-state index contributed by atoms with van der Waals surface area (Å²) in [5.41, 5.74) is 1.83. The highest BCUT2D eigenvalue weighted by atomic mass is 16.5. The van der Waals surface area contributed by atoms with E-state index in [1.807, 2.05) is 31.2 Å². The van der Waals surface area contributed by atoms with E-state index in [-0.39, 0.29) is 5.76 Å². The zero-order valence-corrected chi connectivity index (χ0v) is 13.2. The van der Waals surface area contributed by atoms with Gasteiger partial charge in [-0.25, -0.2) is 4.79 Å². The molecule has 2 aromatic rings. The minimum atomic E-state index is -1.16. The number of ether oxygens (including phenoxy) is 3. The van der Waals surface area contributed by atoms with Gasteiger partial charge in [-0.3, -0.25) is 0 Å². The van der Waals surface area contributed by atoms with Crippen molar-refractivity contribution in [3.05, 3.63) is 59.4 Å². The Balaban J connectivity index is 2.33. The molecule has 0 aromatic heterocycles. The van der Waals surface area contributed by atoms with Gasteiger partial charge in [0.25, 0.3) is 0 Å². The molecule has 2 rings (SSSR count). The summed E-state index contributed by atoms with van der Waals surface area (Å²) >= 11 is 0.